The van der Waals surface area contributed by atoms with Gasteiger partial charge in [-0.2, -0.15) is 0 Å². The minimum atomic E-state index is 0. The highest BCUT2D eigenvalue weighted by Crippen LogP contribution is 2.18. The van der Waals surface area contributed by atoms with Gasteiger partial charge in [-0.15, -0.1) is 24.0 Å². The fraction of sp³-hybridized carbons (Fsp3) is 0.150. The van der Waals surface area contributed by atoms with E-state index in [-0.39, 0.29) is 24.0 Å². The topological polar surface area (TPSA) is 50.4 Å². The molecule has 0 saturated carbocycles. The second-order valence-corrected chi connectivity index (χ2v) is 5.65. The van der Waals surface area contributed by atoms with Gasteiger partial charge >= 0.3 is 0 Å². The smallest absolute Gasteiger partial charge is 0.193 e. The van der Waals surface area contributed by atoms with Crippen molar-refractivity contribution in [1.29, 1.82) is 0 Å². The number of fused-ring (bicyclic) bond motifs is 1. The third-order valence-electron chi connectivity index (χ3n) is 3.83. The first-order chi connectivity index (χ1) is 11.2. The summed E-state index contributed by atoms with van der Waals surface area (Å²) in [6, 6.07) is 22.9. The first-order valence-corrected chi connectivity index (χ1v) is 7.82. The van der Waals surface area contributed by atoms with Gasteiger partial charge in [0.1, 0.15) is 0 Å². The second-order valence-electron chi connectivity index (χ2n) is 5.65. The molecule has 0 aliphatic carbocycles. The highest BCUT2D eigenvalue weighted by molar-refractivity contribution is 14.0. The Morgan fingerprint density at radius 1 is 1.00 bits per heavy atom. The molecule has 124 valence electrons. The molecule has 0 spiro atoms. The SMILES string of the molecule is Cc1cccc(NC(N)=NCCc2cccc3ccccc23)c1.I. The van der Waals surface area contributed by atoms with Gasteiger partial charge in [0.25, 0.3) is 0 Å². The largest absolute Gasteiger partial charge is 0.370 e. The molecular formula is C20H22IN3. The van der Waals surface area contributed by atoms with E-state index in [2.05, 4.69) is 65.8 Å². The summed E-state index contributed by atoms with van der Waals surface area (Å²) >= 11 is 0. The average Bonchev–Trinajstić information content (AvgIpc) is 2.55. The van der Waals surface area contributed by atoms with E-state index in [0.29, 0.717) is 12.5 Å². The fourth-order valence-electron chi connectivity index (χ4n) is 2.72. The molecule has 3 aromatic carbocycles. The summed E-state index contributed by atoms with van der Waals surface area (Å²) < 4.78 is 0. The molecule has 0 aliphatic rings. The number of aryl methyl sites for hydroxylation is 1. The van der Waals surface area contributed by atoms with Crippen molar-refractivity contribution in [3.63, 3.8) is 0 Å². The van der Waals surface area contributed by atoms with Crippen LogP contribution in [-0.4, -0.2) is 12.5 Å². The van der Waals surface area contributed by atoms with Crippen LogP contribution in [0.3, 0.4) is 0 Å². The molecule has 0 fully saturated rings. The molecule has 24 heavy (non-hydrogen) atoms. The van der Waals surface area contributed by atoms with E-state index >= 15 is 0 Å². The van der Waals surface area contributed by atoms with Gasteiger partial charge in [0.2, 0.25) is 0 Å². The molecule has 3 N–H and O–H groups in total. The lowest BCUT2D eigenvalue weighted by Crippen LogP contribution is -2.23. The number of guanidine groups is 1. The van der Waals surface area contributed by atoms with E-state index in [1.54, 1.807) is 0 Å². The van der Waals surface area contributed by atoms with E-state index in [4.69, 9.17) is 5.73 Å². The first-order valence-electron chi connectivity index (χ1n) is 7.82. The van der Waals surface area contributed by atoms with Crippen LogP contribution in [0.2, 0.25) is 0 Å². The predicted octanol–water partition coefficient (Wildman–Crippen LogP) is 4.74. The number of halogens is 1. The zero-order valence-electron chi connectivity index (χ0n) is 13.7. The van der Waals surface area contributed by atoms with Crippen LogP contribution in [0.15, 0.2) is 71.7 Å². The number of aliphatic imine (C=N–C) groups is 1. The minimum Gasteiger partial charge on any atom is -0.370 e. The number of nitrogens with two attached hydrogens (primary N) is 1. The van der Waals surface area contributed by atoms with E-state index in [0.717, 1.165) is 12.1 Å². The molecule has 0 aliphatic heterocycles. The molecule has 0 saturated heterocycles. The van der Waals surface area contributed by atoms with Crippen molar-refractivity contribution >= 4 is 46.4 Å². The monoisotopic (exact) mass is 431 g/mol. The van der Waals surface area contributed by atoms with Crippen molar-refractivity contribution in [3.05, 3.63) is 77.9 Å². The van der Waals surface area contributed by atoms with Gasteiger partial charge in [-0.1, -0.05) is 54.6 Å². The minimum absolute atomic E-state index is 0. The van der Waals surface area contributed by atoms with Crippen molar-refractivity contribution < 1.29 is 0 Å². The Labute approximate surface area is 160 Å². The predicted molar refractivity (Wildman–Crippen MR) is 114 cm³/mol. The zero-order chi connectivity index (χ0) is 16.1. The van der Waals surface area contributed by atoms with E-state index in [9.17, 15) is 0 Å². The summed E-state index contributed by atoms with van der Waals surface area (Å²) in [7, 11) is 0. The van der Waals surface area contributed by atoms with Crippen LogP contribution in [0.1, 0.15) is 11.1 Å². The molecule has 0 unspecified atom stereocenters. The molecule has 3 rings (SSSR count). The molecule has 3 aromatic rings. The van der Waals surface area contributed by atoms with Gasteiger partial charge in [0.15, 0.2) is 5.96 Å². The van der Waals surface area contributed by atoms with Gasteiger partial charge in [-0.25, -0.2) is 0 Å². The second kappa shape index (κ2) is 8.68. The van der Waals surface area contributed by atoms with Crippen LogP contribution in [-0.2, 0) is 6.42 Å². The number of hydrogen-bond acceptors (Lipinski definition) is 1. The molecular weight excluding hydrogens is 409 g/mol. The Kier molecular flexibility index (Phi) is 6.61. The molecule has 0 aromatic heterocycles. The van der Waals surface area contributed by atoms with Crippen LogP contribution in [0.25, 0.3) is 10.8 Å². The third kappa shape index (κ3) is 4.71. The number of rotatable bonds is 4. The lowest BCUT2D eigenvalue weighted by Gasteiger charge is -2.07. The molecule has 0 bridgehead atoms. The Morgan fingerprint density at radius 2 is 1.75 bits per heavy atom. The normalized spacial score (nSPS) is 11.1. The Hall–Kier alpha value is -2.08. The van der Waals surface area contributed by atoms with Crippen molar-refractivity contribution in [2.45, 2.75) is 13.3 Å². The van der Waals surface area contributed by atoms with Crippen molar-refractivity contribution in [2.75, 3.05) is 11.9 Å². The zero-order valence-corrected chi connectivity index (χ0v) is 16.0. The molecule has 4 heteroatoms. The van der Waals surface area contributed by atoms with Gasteiger partial charge in [0, 0.05) is 12.2 Å². The number of nitrogens with one attached hydrogen (secondary N) is 1. The summed E-state index contributed by atoms with van der Waals surface area (Å²) in [6.07, 6.45) is 0.873. The first kappa shape index (κ1) is 18.3. The molecule has 0 amide bonds. The quantitative estimate of drug-likeness (QED) is 0.356. The van der Waals surface area contributed by atoms with Crippen molar-refractivity contribution in [2.24, 2.45) is 10.7 Å². The molecule has 0 atom stereocenters. The summed E-state index contributed by atoms with van der Waals surface area (Å²) in [5.41, 5.74) is 9.43. The molecule has 3 nitrogen and oxygen atoms in total. The number of anilines is 1. The highest BCUT2D eigenvalue weighted by Gasteiger charge is 2.00. The standard InChI is InChI=1S/C20H21N3.HI/c1-15-6-4-10-18(14-15)23-20(21)22-13-12-17-9-5-8-16-7-2-3-11-19(16)17;/h2-11,14H,12-13H2,1H3,(H3,21,22,23);1H. The summed E-state index contributed by atoms with van der Waals surface area (Å²) in [5, 5.41) is 5.69. The fourth-order valence-corrected chi connectivity index (χ4v) is 2.72. The van der Waals surface area contributed by atoms with Crippen molar-refractivity contribution in [1.82, 2.24) is 0 Å². The number of nitrogens with zero attached hydrogens (tertiary/aromatic N) is 1. The van der Waals surface area contributed by atoms with Gasteiger partial charge in [0.05, 0.1) is 0 Å². The Morgan fingerprint density at radius 3 is 2.58 bits per heavy atom. The van der Waals surface area contributed by atoms with Gasteiger partial charge in [-0.05, 0) is 47.4 Å². The van der Waals surface area contributed by atoms with Crippen LogP contribution in [0.5, 0.6) is 0 Å². The maximum absolute atomic E-state index is 5.97. The maximum atomic E-state index is 5.97. The van der Waals surface area contributed by atoms with E-state index in [1.807, 2.05) is 18.2 Å². The Balaban J connectivity index is 0.00000208. The summed E-state index contributed by atoms with van der Waals surface area (Å²) in [5.74, 6) is 0.454. The van der Waals surface area contributed by atoms with E-state index in [1.165, 1.54) is 21.9 Å². The van der Waals surface area contributed by atoms with Gasteiger partial charge in [-0.3, -0.25) is 4.99 Å². The Bertz CT molecular complexity index is 838. The molecule has 0 heterocycles. The van der Waals surface area contributed by atoms with Crippen LogP contribution < -0.4 is 11.1 Å². The van der Waals surface area contributed by atoms with Crippen LogP contribution in [0.4, 0.5) is 5.69 Å². The van der Waals surface area contributed by atoms with E-state index < -0.39 is 0 Å². The highest BCUT2D eigenvalue weighted by atomic mass is 127. The van der Waals surface area contributed by atoms with Crippen LogP contribution >= 0.6 is 24.0 Å². The third-order valence-corrected chi connectivity index (χ3v) is 3.83. The molecule has 0 radical (unpaired) electrons. The maximum Gasteiger partial charge on any atom is 0.193 e. The van der Waals surface area contributed by atoms with Crippen molar-refractivity contribution in [3.8, 4) is 0 Å². The lowest BCUT2D eigenvalue weighted by molar-refractivity contribution is 0.973. The average molecular weight is 431 g/mol. The number of benzene rings is 3. The summed E-state index contributed by atoms with van der Waals surface area (Å²) in [4.78, 5) is 4.43. The lowest BCUT2D eigenvalue weighted by atomic mass is 10.0. The van der Waals surface area contributed by atoms with Crippen LogP contribution in [0, 0.1) is 6.92 Å². The number of hydrogen-bond donors (Lipinski definition) is 2. The van der Waals surface area contributed by atoms with Gasteiger partial charge < -0.3 is 11.1 Å². The summed E-state index contributed by atoms with van der Waals surface area (Å²) in [6.45, 7) is 2.72.